The summed E-state index contributed by atoms with van der Waals surface area (Å²) in [6, 6.07) is 40.9. The van der Waals surface area contributed by atoms with Crippen molar-refractivity contribution in [1.29, 1.82) is 0 Å². The predicted molar refractivity (Wildman–Crippen MR) is 201 cm³/mol. The maximum Gasteiger partial charge on any atom is 0.0183 e. The Morgan fingerprint density at radius 2 is 0.673 bits per heavy atom. The Bertz CT molecular complexity index is 1960. The number of halogens is 3. The molecule has 0 aliphatic rings. The quantitative estimate of drug-likeness (QED) is 0.168. The topological polar surface area (TPSA) is 118 Å². The molecule has 13 heteroatoms. The molecule has 2 aromatic carbocycles. The summed E-state index contributed by atoms with van der Waals surface area (Å²) < 4.78 is 24.1. The first-order chi connectivity index (χ1) is 26.5. The van der Waals surface area contributed by atoms with E-state index >= 15 is 0 Å². The van der Waals surface area contributed by atoms with Crippen molar-refractivity contribution in [3.63, 3.8) is 0 Å². The first kappa shape index (κ1) is 43.9. The molecule has 0 unspecified atom stereocenters. The van der Waals surface area contributed by atoms with Crippen LogP contribution in [-0.4, -0.2) is 40.1 Å². The standard InChI is InChI=1S/2C15H10N3.2C6H5FO.ClH.2Pt/c2*1-3-7-17-14(5-1)12-9-13(11-16-10-12)15-6-2-4-8-18-15;2*7-5-3-1-2-4-6(5)8;;;/h2*1-8,10-11H;2*1-4,8H;1H;;/q2*-1;;;;;+2/p-1. The Balaban J connectivity index is 0.000000205. The van der Waals surface area contributed by atoms with Gasteiger partial charge in [-0.3, -0.25) is 19.9 Å². The summed E-state index contributed by atoms with van der Waals surface area (Å²) in [5, 5.41) is 17.1. The third kappa shape index (κ3) is 14.7. The van der Waals surface area contributed by atoms with Crippen LogP contribution in [-0.2, 0) is 39.8 Å². The minimum absolute atomic E-state index is 0. The molecule has 55 heavy (non-hydrogen) atoms. The van der Waals surface area contributed by atoms with Crippen LogP contribution < -0.4 is 0 Å². The summed E-state index contributed by atoms with van der Waals surface area (Å²) in [7, 11) is 4.61. The summed E-state index contributed by atoms with van der Waals surface area (Å²) in [4.78, 5) is 25.6. The largest absolute Gasteiger partial charge is 0.341 e. The van der Waals surface area contributed by atoms with Gasteiger partial charge in [-0.15, -0.1) is 12.1 Å². The van der Waals surface area contributed by atoms with Gasteiger partial charge in [-0.2, -0.15) is 0 Å². The Kier molecular flexibility index (Phi) is 19.7. The number of pyridine rings is 6. The SMILES string of the molecule is Oc1ccccc1F.Oc1ccccc1F.[Cl][Pt+].[Pt].[c-]1c(-c2ccccn2)cncc1-c1ccccn1.[c-]1c(-c2ccccn2)cncc1-c1ccccn1. The Hall–Kier alpha value is -5.53. The van der Waals surface area contributed by atoms with Crippen LogP contribution >= 0.6 is 9.42 Å². The molecule has 0 aliphatic carbocycles. The zero-order valence-corrected chi connectivity index (χ0v) is 33.8. The van der Waals surface area contributed by atoms with Crippen LogP contribution in [0.4, 0.5) is 8.78 Å². The molecule has 8 nitrogen and oxygen atoms in total. The molecule has 0 amide bonds. The molecule has 0 aliphatic heterocycles. The van der Waals surface area contributed by atoms with Crippen molar-refractivity contribution >= 4 is 9.42 Å². The van der Waals surface area contributed by atoms with E-state index in [1.54, 1.807) is 80.5 Å². The Morgan fingerprint density at radius 1 is 0.418 bits per heavy atom. The molecule has 282 valence electrons. The molecule has 6 aromatic heterocycles. The van der Waals surface area contributed by atoms with E-state index in [9.17, 15) is 8.78 Å². The van der Waals surface area contributed by atoms with Crippen molar-refractivity contribution < 1.29 is 58.8 Å². The molecule has 8 rings (SSSR count). The van der Waals surface area contributed by atoms with Crippen LogP contribution in [0.15, 0.2) is 171 Å². The third-order valence-corrected chi connectivity index (χ3v) is 6.82. The van der Waals surface area contributed by atoms with Crippen LogP contribution in [0.2, 0.25) is 0 Å². The molecule has 0 spiro atoms. The molecule has 0 atom stereocenters. The number of phenols is 2. The molecule has 8 aromatic rings. The number of benzene rings is 2. The molecule has 6 heterocycles. The average molecular weight is 1110 g/mol. The first-order valence-electron chi connectivity index (χ1n) is 15.9. The van der Waals surface area contributed by atoms with Gasteiger partial charge in [-0.1, -0.05) is 95.1 Å². The zero-order chi connectivity index (χ0) is 38.4. The average Bonchev–Trinajstić information content (AvgIpc) is 3.26. The summed E-state index contributed by atoms with van der Waals surface area (Å²) in [5.41, 5.74) is 6.95. The van der Waals surface area contributed by atoms with Gasteiger partial charge < -0.3 is 20.2 Å². The molecule has 0 saturated heterocycles. The van der Waals surface area contributed by atoms with Crippen molar-refractivity contribution in [2.45, 2.75) is 0 Å². The molecule has 0 radical (unpaired) electrons. The normalized spacial score (nSPS) is 9.47. The number of hydrogen-bond acceptors (Lipinski definition) is 8. The Morgan fingerprint density at radius 3 is 0.873 bits per heavy atom. The minimum atomic E-state index is -0.576. The maximum absolute atomic E-state index is 12.1. The maximum atomic E-state index is 12.1. The van der Waals surface area contributed by atoms with Gasteiger partial charge >= 0.3 is 28.2 Å². The van der Waals surface area contributed by atoms with E-state index in [0.29, 0.717) is 0 Å². The summed E-state index contributed by atoms with van der Waals surface area (Å²) in [6.07, 6.45) is 14.1. The van der Waals surface area contributed by atoms with E-state index < -0.39 is 11.6 Å². The fourth-order valence-electron chi connectivity index (χ4n) is 4.30. The molecular weight excluding hydrogens is 1080 g/mol. The van der Waals surface area contributed by atoms with Crippen LogP contribution in [0.1, 0.15) is 0 Å². The summed E-state index contributed by atoms with van der Waals surface area (Å²) in [5.74, 6) is -1.75. The van der Waals surface area contributed by atoms with Crippen LogP contribution in [0.25, 0.3) is 45.0 Å². The fraction of sp³-hybridized carbons (Fsp3) is 0. The first-order valence-corrected chi connectivity index (χ1v) is 18.7. The van der Waals surface area contributed by atoms with Crippen molar-refractivity contribution in [3.8, 4) is 56.5 Å². The van der Waals surface area contributed by atoms with Crippen molar-refractivity contribution in [1.82, 2.24) is 29.9 Å². The van der Waals surface area contributed by atoms with Crippen molar-refractivity contribution in [3.05, 3.63) is 195 Å². The second-order valence-electron chi connectivity index (χ2n) is 10.5. The second-order valence-corrected chi connectivity index (χ2v) is 10.5. The number of aromatic hydroxyl groups is 2. The second kappa shape index (κ2) is 24.7. The van der Waals surface area contributed by atoms with Crippen LogP contribution in [0.3, 0.4) is 0 Å². The van der Waals surface area contributed by atoms with Gasteiger partial charge in [0.05, 0.1) is 0 Å². The number of phenolic OH excluding ortho intramolecular Hbond substituents is 2. The minimum Gasteiger partial charge on any atom is -0.341 e. The van der Waals surface area contributed by atoms with Gasteiger partial charge in [-0.05, 0) is 73.3 Å². The number of aromatic nitrogens is 6. The van der Waals surface area contributed by atoms with Gasteiger partial charge in [0.25, 0.3) is 0 Å². The van der Waals surface area contributed by atoms with Crippen LogP contribution in [0.5, 0.6) is 11.5 Å². The molecule has 0 fully saturated rings. The number of hydrogen-bond donors (Lipinski definition) is 2. The van der Waals surface area contributed by atoms with Crippen LogP contribution in [0, 0.1) is 23.8 Å². The summed E-state index contributed by atoms with van der Waals surface area (Å²) >= 11 is 1.61. The number of rotatable bonds is 4. The molecule has 0 bridgehead atoms. The van der Waals surface area contributed by atoms with Crippen molar-refractivity contribution in [2.75, 3.05) is 0 Å². The van der Waals surface area contributed by atoms with E-state index in [1.165, 1.54) is 36.4 Å². The number of para-hydroxylation sites is 2. The summed E-state index contributed by atoms with van der Waals surface area (Å²) in [6.45, 7) is 0. The molecular formula is C42H30ClF2N6O2Pt2-. The smallest absolute Gasteiger partial charge is 0.0183 e. The van der Waals surface area contributed by atoms with Crippen molar-refractivity contribution in [2.24, 2.45) is 0 Å². The van der Waals surface area contributed by atoms with E-state index in [4.69, 9.17) is 10.2 Å². The fourth-order valence-corrected chi connectivity index (χ4v) is 4.30. The molecule has 0 saturated carbocycles. The van der Waals surface area contributed by atoms with E-state index in [0.717, 1.165) is 45.0 Å². The van der Waals surface area contributed by atoms with Gasteiger partial charge in [0.15, 0.2) is 23.1 Å². The van der Waals surface area contributed by atoms with E-state index in [1.807, 2.05) is 72.8 Å². The number of nitrogens with zero attached hydrogens (tertiary/aromatic N) is 6. The predicted octanol–water partition coefficient (Wildman–Crippen LogP) is 9.76. The van der Waals surface area contributed by atoms with Gasteiger partial charge in [0, 0.05) is 68.6 Å². The zero-order valence-electron chi connectivity index (χ0n) is 28.5. The Labute approximate surface area is 347 Å². The van der Waals surface area contributed by atoms with Gasteiger partial charge in [0.2, 0.25) is 0 Å². The third-order valence-electron chi connectivity index (χ3n) is 6.82. The molecule has 2 N–H and O–H groups in total. The van der Waals surface area contributed by atoms with E-state index in [-0.39, 0.29) is 32.6 Å². The van der Waals surface area contributed by atoms with Gasteiger partial charge in [0.1, 0.15) is 0 Å². The van der Waals surface area contributed by atoms with Gasteiger partial charge in [-0.25, -0.2) is 8.78 Å². The monoisotopic (exact) mass is 1110 g/mol. The van der Waals surface area contributed by atoms with E-state index in [2.05, 4.69) is 51.5 Å².